The number of benzene rings is 1. The Labute approximate surface area is 116 Å². The van der Waals surface area contributed by atoms with Crippen molar-refractivity contribution >= 4 is 0 Å². The lowest BCUT2D eigenvalue weighted by molar-refractivity contribution is 0.189. The lowest BCUT2D eigenvalue weighted by atomic mass is 10.1. The Morgan fingerprint density at radius 1 is 1.26 bits per heavy atom. The van der Waals surface area contributed by atoms with E-state index in [4.69, 9.17) is 10.00 Å². The van der Waals surface area contributed by atoms with Gasteiger partial charge in [0.1, 0.15) is 11.8 Å². The maximum absolute atomic E-state index is 9.12. The van der Waals surface area contributed by atoms with E-state index < -0.39 is 0 Å². The van der Waals surface area contributed by atoms with E-state index in [1.165, 1.54) is 0 Å². The van der Waals surface area contributed by atoms with Gasteiger partial charge in [0, 0.05) is 19.1 Å². The highest BCUT2D eigenvalue weighted by molar-refractivity contribution is 5.45. The molecule has 104 valence electrons. The zero-order valence-corrected chi connectivity index (χ0v) is 12.6. The molecule has 0 atom stereocenters. The van der Waals surface area contributed by atoms with Gasteiger partial charge >= 0.3 is 0 Å². The minimum atomic E-state index is 0.495. The molecular weight excluding hydrogens is 236 g/mol. The van der Waals surface area contributed by atoms with Gasteiger partial charge in [0.15, 0.2) is 0 Å². The number of nitriles is 1. The topological polar surface area (TPSA) is 36.3 Å². The molecule has 19 heavy (non-hydrogen) atoms. The predicted molar refractivity (Wildman–Crippen MR) is 78.1 cm³/mol. The maximum atomic E-state index is 9.12. The van der Waals surface area contributed by atoms with Gasteiger partial charge in [-0.2, -0.15) is 5.26 Å². The molecule has 3 heteroatoms. The molecule has 0 spiro atoms. The van der Waals surface area contributed by atoms with Crippen LogP contribution in [0.2, 0.25) is 0 Å². The van der Waals surface area contributed by atoms with Crippen molar-refractivity contribution in [2.24, 2.45) is 5.92 Å². The van der Waals surface area contributed by atoms with Crippen molar-refractivity contribution in [2.75, 3.05) is 13.7 Å². The first-order chi connectivity index (χ1) is 8.97. The largest absolute Gasteiger partial charge is 0.495 e. The van der Waals surface area contributed by atoms with Crippen molar-refractivity contribution in [2.45, 2.75) is 40.3 Å². The zero-order chi connectivity index (χ0) is 14.4. The second-order valence-corrected chi connectivity index (χ2v) is 5.56. The van der Waals surface area contributed by atoms with Crippen LogP contribution in [-0.4, -0.2) is 24.6 Å². The van der Waals surface area contributed by atoms with Crippen LogP contribution in [0.15, 0.2) is 18.2 Å². The Morgan fingerprint density at radius 2 is 1.95 bits per heavy atom. The summed E-state index contributed by atoms with van der Waals surface area (Å²) >= 11 is 0. The minimum absolute atomic E-state index is 0.495. The van der Waals surface area contributed by atoms with Gasteiger partial charge in [0.2, 0.25) is 0 Å². The average molecular weight is 260 g/mol. The summed E-state index contributed by atoms with van der Waals surface area (Å²) < 4.78 is 5.17. The lowest BCUT2D eigenvalue weighted by Crippen LogP contribution is -2.33. The van der Waals surface area contributed by atoms with Gasteiger partial charge in [-0.25, -0.2) is 0 Å². The number of hydrogen-bond donors (Lipinski definition) is 0. The lowest BCUT2D eigenvalue weighted by Gasteiger charge is -2.28. The molecule has 0 aromatic heterocycles. The highest BCUT2D eigenvalue weighted by Crippen LogP contribution is 2.20. The molecule has 0 radical (unpaired) electrons. The molecule has 0 bridgehead atoms. The third kappa shape index (κ3) is 4.57. The van der Waals surface area contributed by atoms with Crippen molar-refractivity contribution in [3.8, 4) is 11.8 Å². The summed E-state index contributed by atoms with van der Waals surface area (Å²) in [5.74, 6) is 1.28. The summed E-state index contributed by atoms with van der Waals surface area (Å²) in [6.45, 7) is 10.8. The quantitative estimate of drug-likeness (QED) is 0.786. The molecule has 0 amide bonds. The predicted octanol–water partition coefficient (Wildman–Crippen LogP) is 3.43. The molecule has 0 aliphatic rings. The van der Waals surface area contributed by atoms with E-state index in [1.807, 2.05) is 18.2 Å². The number of hydrogen-bond acceptors (Lipinski definition) is 3. The van der Waals surface area contributed by atoms with E-state index in [-0.39, 0.29) is 0 Å². The number of rotatable bonds is 6. The van der Waals surface area contributed by atoms with Gasteiger partial charge in [-0.1, -0.05) is 19.9 Å². The van der Waals surface area contributed by atoms with Crippen LogP contribution < -0.4 is 4.74 Å². The minimum Gasteiger partial charge on any atom is -0.495 e. The van der Waals surface area contributed by atoms with Gasteiger partial charge < -0.3 is 4.74 Å². The van der Waals surface area contributed by atoms with Crippen molar-refractivity contribution in [1.82, 2.24) is 4.90 Å². The summed E-state index contributed by atoms with van der Waals surface area (Å²) in [5, 5.41) is 9.12. The number of methoxy groups -OCH3 is 1. The van der Waals surface area contributed by atoms with Crippen molar-refractivity contribution in [1.29, 1.82) is 5.26 Å². The van der Waals surface area contributed by atoms with E-state index >= 15 is 0 Å². The van der Waals surface area contributed by atoms with Gasteiger partial charge in [0.05, 0.1) is 12.7 Å². The fourth-order valence-corrected chi connectivity index (χ4v) is 2.10. The fraction of sp³-hybridized carbons (Fsp3) is 0.562. The van der Waals surface area contributed by atoms with Crippen LogP contribution >= 0.6 is 0 Å². The third-order valence-electron chi connectivity index (χ3n) is 3.10. The molecule has 0 heterocycles. The van der Waals surface area contributed by atoms with E-state index in [0.29, 0.717) is 23.3 Å². The summed E-state index contributed by atoms with van der Waals surface area (Å²) in [6, 6.07) is 8.52. The van der Waals surface area contributed by atoms with Crippen molar-refractivity contribution in [3.05, 3.63) is 29.3 Å². The van der Waals surface area contributed by atoms with Crippen LogP contribution in [0.25, 0.3) is 0 Å². The second kappa shape index (κ2) is 7.16. The molecule has 0 unspecified atom stereocenters. The van der Waals surface area contributed by atoms with Crippen LogP contribution in [-0.2, 0) is 6.54 Å². The fourth-order valence-electron chi connectivity index (χ4n) is 2.10. The molecule has 3 nitrogen and oxygen atoms in total. The highest BCUT2D eigenvalue weighted by atomic mass is 16.5. The van der Waals surface area contributed by atoms with Crippen LogP contribution in [0.4, 0.5) is 0 Å². The molecule has 0 aliphatic heterocycles. The zero-order valence-electron chi connectivity index (χ0n) is 12.6. The van der Waals surface area contributed by atoms with Gasteiger partial charge in [-0.15, -0.1) is 0 Å². The van der Waals surface area contributed by atoms with Crippen LogP contribution in [0.3, 0.4) is 0 Å². The van der Waals surface area contributed by atoms with Crippen LogP contribution in [0.5, 0.6) is 5.75 Å². The molecule has 0 N–H and O–H groups in total. The van der Waals surface area contributed by atoms with Gasteiger partial charge in [-0.05, 0) is 37.5 Å². The molecule has 0 aliphatic carbocycles. The molecule has 0 fully saturated rings. The normalized spacial score (nSPS) is 11.1. The third-order valence-corrected chi connectivity index (χ3v) is 3.10. The van der Waals surface area contributed by atoms with E-state index in [9.17, 15) is 0 Å². The summed E-state index contributed by atoms with van der Waals surface area (Å²) in [5.41, 5.74) is 1.76. The molecule has 1 aromatic carbocycles. The smallest absolute Gasteiger partial charge is 0.136 e. The molecule has 1 aromatic rings. The van der Waals surface area contributed by atoms with Crippen LogP contribution in [0.1, 0.15) is 38.8 Å². The second-order valence-electron chi connectivity index (χ2n) is 5.56. The Kier molecular flexibility index (Phi) is 5.85. The number of nitrogens with zero attached hydrogens (tertiary/aromatic N) is 2. The standard InChI is InChI=1S/C16H24N2O/c1-12(2)10-18(13(3)4)11-14-6-7-16(19-5)15(8-14)9-17/h6-8,12-13H,10-11H2,1-5H3. The Hall–Kier alpha value is -1.53. The Balaban J connectivity index is 2.88. The molecule has 0 saturated heterocycles. The number of ether oxygens (including phenoxy) is 1. The van der Waals surface area contributed by atoms with E-state index in [2.05, 4.69) is 38.7 Å². The van der Waals surface area contributed by atoms with Gasteiger partial charge in [-0.3, -0.25) is 4.90 Å². The van der Waals surface area contributed by atoms with E-state index in [0.717, 1.165) is 18.7 Å². The molecular formula is C16H24N2O. The first-order valence-electron chi connectivity index (χ1n) is 6.79. The summed E-state index contributed by atoms with van der Waals surface area (Å²) in [6.07, 6.45) is 0. The summed E-state index contributed by atoms with van der Waals surface area (Å²) in [4.78, 5) is 2.42. The van der Waals surface area contributed by atoms with Crippen molar-refractivity contribution < 1.29 is 4.74 Å². The first kappa shape index (κ1) is 15.5. The summed E-state index contributed by atoms with van der Waals surface area (Å²) in [7, 11) is 1.59. The maximum Gasteiger partial charge on any atom is 0.136 e. The van der Waals surface area contributed by atoms with Crippen LogP contribution in [0, 0.1) is 17.2 Å². The first-order valence-corrected chi connectivity index (χ1v) is 6.79. The SMILES string of the molecule is COc1ccc(CN(CC(C)C)C(C)C)cc1C#N. The highest BCUT2D eigenvalue weighted by Gasteiger charge is 2.13. The van der Waals surface area contributed by atoms with E-state index in [1.54, 1.807) is 7.11 Å². The van der Waals surface area contributed by atoms with Crippen molar-refractivity contribution in [3.63, 3.8) is 0 Å². The monoisotopic (exact) mass is 260 g/mol. The molecule has 1 rings (SSSR count). The Bertz CT molecular complexity index is 447. The Morgan fingerprint density at radius 3 is 2.42 bits per heavy atom. The average Bonchev–Trinajstić information content (AvgIpc) is 2.37. The van der Waals surface area contributed by atoms with Gasteiger partial charge in [0.25, 0.3) is 0 Å². The molecule has 0 saturated carbocycles.